The first kappa shape index (κ1) is 19.0. The van der Waals surface area contributed by atoms with Crippen molar-refractivity contribution in [2.24, 2.45) is 0 Å². The van der Waals surface area contributed by atoms with Crippen LogP contribution in [0.1, 0.15) is 18.7 Å². The van der Waals surface area contributed by atoms with Gasteiger partial charge in [-0.2, -0.15) is 0 Å². The molecule has 5 nitrogen and oxygen atoms in total. The minimum atomic E-state index is -0.492. The molecule has 27 heavy (non-hydrogen) atoms. The molecule has 2 aromatic carbocycles. The maximum atomic E-state index is 13.5. The van der Waals surface area contributed by atoms with Crippen LogP contribution in [0.5, 0.6) is 0 Å². The van der Waals surface area contributed by atoms with Crippen molar-refractivity contribution in [2.75, 3.05) is 16.8 Å². The summed E-state index contributed by atoms with van der Waals surface area (Å²) in [5.41, 5.74) is 0.902. The molecule has 3 rings (SSSR count). The lowest BCUT2D eigenvalue weighted by Gasteiger charge is -2.11. The summed E-state index contributed by atoms with van der Waals surface area (Å²) in [5, 5.41) is 6.31. The molecule has 0 spiro atoms. The summed E-state index contributed by atoms with van der Waals surface area (Å²) in [6, 6.07) is 15.2. The monoisotopic (exact) mass is 386 g/mol. The number of hydrogen-bond acceptors (Lipinski definition) is 4. The van der Waals surface area contributed by atoms with Crippen LogP contribution < -0.4 is 10.6 Å². The van der Waals surface area contributed by atoms with Gasteiger partial charge in [-0.05, 0) is 31.2 Å². The van der Waals surface area contributed by atoms with Gasteiger partial charge in [0.05, 0.1) is 23.2 Å². The molecule has 0 bridgehead atoms. The van der Waals surface area contributed by atoms with Crippen molar-refractivity contribution in [3.8, 4) is 0 Å². The van der Waals surface area contributed by atoms with Crippen LogP contribution in [0.15, 0.2) is 59.0 Å². The summed E-state index contributed by atoms with van der Waals surface area (Å²) >= 11 is 1.16. The Kier molecular flexibility index (Phi) is 6.13. The Balaban J connectivity index is 1.44. The Bertz CT molecular complexity index is 924. The minimum Gasteiger partial charge on any atom is -0.459 e. The Morgan fingerprint density at radius 3 is 2.56 bits per heavy atom. The fourth-order valence-corrected chi connectivity index (χ4v) is 3.18. The molecule has 0 saturated heterocycles. The maximum Gasteiger partial charge on any atom is 0.234 e. The normalized spacial score (nSPS) is 11.9. The smallest absolute Gasteiger partial charge is 0.234 e. The van der Waals surface area contributed by atoms with E-state index >= 15 is 0 Å². The van der Waals surface area contributed by atoms with Gasteiger partial charge in [0.2, 0.25) is 11.8 Å². The van der Waals surface area contributed by atoms with E-state index in [0.717, 1.165) is 22.7 Å². The lowest BCUT2D eigenvalue weighted by Crippen LogP contribution is -2.28. The molecule has 0 saturated carbocycles. The van der Waals surface area contributed by atoms with E-state index in [1.807, 2.05) is 37.3 Å². The molecular weight excluding hydrogens is 367 g/mol. The number of amides is 2. The predicted molar refractivity (Wildman–Crippen MR) is 105 cm³/mol. The minimum absolute atomic E-state index is 0.0563. The highest BCUT2D eigenvalue weighted by atomic mass is 32.2. The van der Waals surface area contributed by atoms with E-state index in [2.05, 4.69) is 10.6 Å². The number of para-hydroxylation sites is 2. The van der Waals surface area contributed by atoms with Crippen LogP contribution in [0, 0.1) is 5.82 Å². The Hall–Kier alpha value is -2.80. The maximum absolute atomic E-state index is 13.5. The van der Waals surface area contributed by atoms with E-state index in [1.165, 1.54) is 12.1 Å². The number of nitrogens with one attached hydrogen (secondary N) is 2. The lowest BCUT2D eigenvalue weighted by molar-refractivity contribution is -0.119. The zero-order valence-electron chi connectivity index (χ0n) is 14.7. The Morgan fingerprint density at radius 2 is 1.78 bits per heavy atom. The van der Waals surface area contributed by atoms with E-state index in [-0.39, 0.29) is 35.0 Å². The van der Waals surface area contributed by atoms with Crippen LogP contribution in [-0.4, -0.2) is 23.3 Å². The number of benzene rings is 2. The number of carbonyl (C=O) groups is 2. The van der Waals surface area contributed by atoms with Gasteiger partial charge < -0.3 is 15.1 Å². The second-order valence-corrected chi connectivity index (χ2v) is 6.98. The first-order chi connectivity index (χ1) is 13.0. The Morgan fingerprint density at radius 1 is 1.07 bits per heavy atom. The van der Waals surface area contributed by atoms with Crippen molar-refractivity contribution in [2.45, 2.75) is 13.0 Å². The molecule has 0 aliphatic rings. The van der Waals surface area contributed by atoms with Gasteiger partial charge in [-0.25, -0.2) is 4.39 Å². The van der Waals surface area contributed by atoms with Crippen molar-refractivity contribution < 1.29 is 18.4 Å². The predicted octanol–water partition coefficient (Wildman–Crippen LogP) is 4.12. The molecule has 2 amide bonds. The lowest BCUT2D eigenvalue weighted by atomic mass is 10.2. The molecule has 1 heterocycles. The number of carbonyl (C=O) groups excluding carboxylic acids is 2. The van der Waals surface area contributed by atoms with Crippen LogP contribution in [0.2, 0.25) is 0 Å². The highest BCUT2D eigenvalue weighted by Crippen LogP contribution is 2.23. The first-order valence-electron chi connectivity index (χ1n) is 8.43. The fraction of sp³-hybridized carbons (Fsp3) is 0.200. The second-order valence-electron chi connectivity index (χ2n) is 6.00. The van der Waals surface area contributed by atoms with Crippen molar-refractivity contribution in [3.63, 3.8) is 0 Å². The number of furan rings is 1. The largest absolute Gasteiger partial charge is 0.459 e. The van der Waals surface area contributed by atoms with Crippen LogP contribution in [0.25, 0.3) is 11.0 Å². The summed E-state index contributed by atoms with van der Waals surface area (Å²) in [6.45, 7) is 1.84. The van der Waals surface area contributed by atoms with Gasteiger partial charge in [-0.15, -0.1) is 11.8 Å². The zero-order valence-corrected chi connectivity index (χ0v) is 15.5. The van der Waals surface area contributed by atoms with E-state index in [1.54, 1.807) is 12.1 Å². The van der Waals surface area contributed by atoms with E-state index in [9.17, 15) is 14.0 Å². The number of hydrogen-bond donors (Lipinski definition) is 2. The number of thioether (sulfide) groups is 1. The molecule has 0 fully saturated rings. The third-order valence-electron chi connectivity index (χ3n) is 3.86. The highest BCUT2D eigenvalue weighted by Gasteiger charge is 2.15. The summed E-state index contributed by atoms with van der Waals surface area (Å²) < 4.78 is 19.2. The molecule has 1 atom stereocenters. The van der Waals surface area contributed by atoms with Crippen molar-refractivity contribution in [1.82, 2.24) is 5.32 Å². The van der Waals surface area contributed by atoms with Gasteiger partial charge in [-0.3, -0.25) is 9.59 Å². The number of rotatable bonds is 7. The highest BCUT2D eigenvalue weighted by molar-refractivity contribution is 8.00. The number of halogens is 1. The standard InChI is InChI=1S/C20H19FN2O3S/c1-13(18-10-14-6-2-5-9-17(14)26-18)22-19(24)11-27-12-20(25)23-16-8-4-3-7-15(16)21/h2-10,13H,11-12H2,1H3,(H,22,24)(H,23,25)/t13-/m1/s1. The zero-order chi connectivity index (χ0) is 19.2. The molecule has 0 radical (unpaired) electrons. The van der Waals surface area contributed by atoms with Gasteiger partial charge in [0.25, 0.3) is 0 Å². The SMILES string of the molecule is C[C@@H](NC(=O)CSCC(=O)Nc1ccccc1F)c1cc2ccccc2o1. The average molecular weight is 386 g/mol. The van der Waals surface area contributed by atoms with Crippen LogP contribution in [0.3, 0.4) is 0 Å². The molecule has 2 N–H and O–H groups in total. The molecule has 0 aliphatic carbocycles. The van der Waals surface area contributed by atoms with E-state index in [4.69, 9.17) is 4.42 Å². The topological polar surface area (TPSA) is 71.3 Å². The molecule has 7 heteroatoms. The summed E-state index contributed by atoms with van der Waals surface area (Å²) in [7, 11) is 0. The summed E-state index contributed by atoms with van der Waals surface area (Å²) in [4.78, 5) is 23.9. The number of fused-ring (bicyclic) bond motifs is 1. The first-order valence-corrected chi connectivity index (χ1v) is 9.58. The van der Waals surface area contributed by atoms with Crippen molar-refractivity contribution in [3.05, 3.63) is 66.2 Å². The van der Waals surface area contributed by atoms with E-state index < -0.39 is 5.82 Å². The van der Waals surface area contributed by atoms with Crippen LogP contribution in [-0.2, 0) is 9.59 Å². The van der Waals surface area contributed by atoms with Crippen LogP contribution >= 0.6 is 11.8 Å². The van der Waals surface area contributed by atoms with Gasteiger partial charge in [0, 0.05) is 5.39 Å². The third kappa shape index (κ3) is 5.10. The van der Waals surface area contributed by atoms with Crippen molar-refractivity contribution in [1.29, 1.82) is 0 Å². The summed E-state index contributed by atoms with van der Waals surface area (Å²) in [5.74, 6) is -0.203. The third-order valence-corrected chi connectivity index (χ3v) is 4.80. The van der Waals surface area contributed by atoms with Crippen molar-refractivity contribution >= 4 is 40.2 Å². The van der Waals surface area contributed by atoms with Gasteiger partial charge in [0.1, 0.15) is 17.2 Å². The molecule has 0 unspecified atom stereocenters. The second kappa shape index (κ2) is 8.73. The molecule has 140 valence electrons. The molecular formula is C20H19FN2O3S. The quantitative estimate of drug-likeness (QED) is 0.641. The van der Waals surface area contributed by atoms with Gasteiger partial charge >= 0.3 is 0 Å². The van der Waals surface area contributed by atoms with Crippen LogP contribution in [0.4, 0.5) is 10.1 Å². The Labute approximate surface area is 160 Å². The molecule has 1 aromatic heterocycles. The number of anilines is 1. The average Bonchev–Trinajstić information content (AvgIpc) is 3.08. The van der Waals surface area contributed by atoms with Gasteiger partial charge in [-0.1, -0.05) is 30.3 Å². The molecule has 0 aliphatic heterocycles. The fourth-order valence-electron chi connectivity index (χ4n) is 2.56. The summed E-state index contributed by atoms with van der Waals surface area (Å²) in [6.07, 6.45) is 0. The van der Waals surface area contributed by atoms with Gasteiger partial charge in [0.15, 0.2) is 0 Å². The van der Waals surface area contributed by atoms with E-state index in [0.29, 0.717) is 5.76 Å². The molecule has 3 aromatic rings.